The number of nitrogens with zero attached hydrogens (tertiary/aromatic N) is 4. The van der Waals surface area contributed by atoms with Crippen LogP contribution in [0.1, 0.15) is 0 Å². The quantitative estimate of drug-likeness (QED) is 0.529. The minimum absolute atomic E-state index is 0.589. The van der Waals surface area contributed by atoms with Crippen molar-refractivity contribution in [3.63, 3.8) is 0 Å². The monoisotopic (exact) mass is 182 g/mol. The summed E-state index contributed by atoms with van der Waals surface area (Å²) >= 11 is 0. The zero-order valence-corrected chi connectivity index (χ0v) is 7.25. The number of hydrogen-bond acceptors (Lipinski definition) is 4. The van der Waals surface area contributed by atoms with E-state index in [-0.39, 0.29) is 0 Å². The predicted molar refractivity (Wildman–Crippen MR) is 51.8 cm³/mol. The predicted octanol–water partition coefficient (Wildman–Crippen LogP) is 1.52. The van der Waals surface area contributed by atoms with E-state index in [1.807, 2.05) is 24.3 Å². The number of fused-ring (bicyclic) bond motifs is 2. The van der Waals surface area contributed by atoms with Crippen LogP contribution in [0.15, 0.2) is 36.7 Å². The van der Waals surface area contributed by atoms with Crippen molar-refractivity contribution in [1.29, 1.82) is 0 Å². The van der Waals surface area contributed by atoms with Crippen molar-refractivity contribution in [2.45, 2.75) is 0 Å². The average molecular weight is 182 g/mol. The average Bonchev–Trinajstić information content (AvgIpc) is 2.58. The topological polar surface area (TPSA) is 51.6 Å². The summed E-state index contributed by atoms with van der Waals surface area (Å²) in [5.74, 6) is 0.589. The molecule has 2 aliphatic rings. The molecule has 0 unspecified atom stereocenters. The summed E-state index contributed by atoms with van der Waals surface area (Å²) in [5.41, 5.74) is 1.61. The van der Waals surface area contributed by atoms with Crippen LogP contribution in [0.4, 0.5) is 0 Å². The molecule has 0 spiro atoms. The lowest BCUT2D eigenvalue weighted by atomic mass is 10.2. The Morgan fingerprint density at radius 3 is 2.93 bits per heavy atom. The fourth-order valence-corrected chi connectivity index (χ4v) is 1.37. The molecule has 0 amide bonds. The zero-order chi connectivity index (χ0) is 9.38. The van der Waals surface area contributed by atoms with Crippen molar-refractivity contribution >= 4 is 10.9 Å². The Morgan fingerprint density at radius 2 is 1.93 bits per heavy atom. The van der Waals surface area contributed by atoms with Gasteiger partial charge < -0.3 is 0 Å². The van der Waals surface area contributed by atoms with Gasteiger partial charge in [0, 0.05) is 11.6 Å². The molecule has 2 heterocycles. The highest BCUT2D eigenvalue weighted by atomic mass is 15.2. The van der Waals surface area contributed by atoms with Gasteiger partial charge in [0.05, 0.1) is 11.7 Å². The summed E-state index contributed by atoms with van der Waals surface area (Å²) in [5, 5.41) is 8.65. The highest BCUT2D eigenvalue weighted by Gasteiger charge is 2.06. The second kappa shape index (κ2) is 2.70. The number of benzene rings is 1. The van der Waals surface area contributed by atoms with Gasteiger partial charge in [0.15, 0.2) is 0 Å². The second-order valence-electron chi connectivity index (χ2n) is 2.98. The maximum absolute atomic E-state index is 4.36. The molecule has 3 rings (SSSR count). The van der Waals surface area contributed by atoms with E-state index < -0.39 is 0 Å². The smallest absolute Gasteiger partial charge is 0.202 e. The highest BCUT2D eigenvalue weighted by Crippen LogP contribution is 2.15. The van der Waals surface area contributed by atoms with Crippen LogP contribution >= 0.6 is 0 Å². The van der Waals surface area contributed by atoms with Crippen LogP contribution in [0.3, 0.4) is 0 Å². The van der Waals surface area contributed by atoms with Gasteiger partial charge in [-0.1, -0.05) is 18.2 Å². The van der Waals surface area contributed by atoms with Crippen LogP contribution in [0, 0.1) is 0 Å². The largest absolute Gasteiger partial charge is 0.250 e. The second-order valence-corrected chi connectivity index (χ2v) is 2.98. The normalized spacial score (nSPS) is 10.9. The Morgan fingerprint density at radius 1 is 1.00 bits per heavy atom. The maximum Gasteiger partial charge on any atom is 0.202 e. The molecule has 4 nitrogen and oxygen atoms in total. The minimum Gasteiger partial charge on any atom is -0.250 e. The van der Waals surface area contributed by atoms with E-state index in [0.29, 0.717) is 5.82 Å². The summed E-state index contributed by atoms with van der Waals surface area (Å²) in [6.07, 6.45) is 3.40. The molecule has 0 aliphatic carbocycles. The third kappa shape index (κ3) is 1.01. The van der Waals surface area contributed by atoms with E-state index in [1.54, 1.807) is 12.4 Å². The number of para-hydroxylation sites is 1. The summed E-state index contributed by atoms with van der Waals surface area (Å²) in [7, 11) is 0. The molecule has 1 aromatic rings. The van der Waals surface area contributed by atoms with Gasteiger partial charge in [0.1, 0.15) is 5.69 Å². The van der Waals surface area contributed by atoms with E-state index in [9.17, 15) is 0 Å². The van der Waals surface area contributed by atoms with Crippen molar-refractivity contribution in [3.05, 3.63) is 36.7 Å². The third-order valence-corrected chi connectivity index (χ3v) is 2.07. The molecule has 4 heteroatoms. The van der Waals surface area contributed by atoms with Crippen molar-refractivity contribution in [3.8, 4) is 11.5 Å². The molecule has 0 fully saturated rings. The molecule has 0 N–H and O–H groups in total. The standard InChI is InChI=1S/C10H6N4/c1-2-4-8-7(3-1)5-11-9-6-12-14-10(9)13-8/h1-6H. The Hall–Kier alpha value is -2.10. The first-order valence-electron chi connectivity index (χ1n) is 4.27. The molecular weight excluding hydrogens is 176 g/mol. The molecule has 0 radical (unpaired) electrons. The van der Waals surface area contributed by atoms with Crippen LogP contribution in [-0.4, -0.2) is 20.2 Å². The summed E-state index contributed by atoms with van der Waals surface area (Å²) in [6.45, 7) is 0. The van der Waals surface area contributed by atoms with Gasteiger partial charge in [-0.05, 0) is 6.07 Å². The van der Waals surface area contributed by atoms with E-state index in [2.05, 4.69) is 20.2 Å². The molecule has 14 heavy (non-hydrogen) atoms. The maximum atomic E-state index is 4.36. The minimum atomic E-state index is 0.589. The number of aromatic nitrogens is 4. The highest BCUT2D eigenvalue weighted by molar-refractivity contribution is 5.78. The molecule has 0 saturated carbocycles. The van der Waals surface area contributed by atoms with Crippen molar-refractivity contribution < 1.29 is 0 Å². The van der Waals surface area contributed by atoms with E-state index in [1.165, 1.54) is 0 Å². The van der Waals surface area contributed by atoms with E-state index in [0.717, 1.165) is 16.6 Å². The van der Waals surface area contributed by atoms with Gasteiger partial charge in [0.2, 0.25) is 5.82 Å². The molecule has 2 aliphatic heterocycles. The molecule has 0 bridgehead atoms. The first-order chi connectivity index (χ1) is 6.93. The van der Waals surface area contributed by atoms with Gasteiger partial charge in [-0.2, -0.15) is 5.10 Å². The summed E-state index contributed by atoms with van der Waals surface area (Å²) in [4.78, 5) is 8.61. The first kappa shape index (κ1) is 7.32. The van der Waals surface area contributed by atoms with Gasteiger partial charge in [-0.3, -0.25) is 4.98 Å². The lowest BCUT2D eigenvalue weighted by Crippen LogP contribution is -1.78. The molecule has 66 valence electrons. The van der Waals surface area contributed by atoms with Crippen LogP contribution in [-0.2, 0) is 0 Å². The van der Waals surface area contributed by atoms with Crippen LogP contribution < -0.4 is 0 Å². The lowest BCUT2D eigenvalue weighted by molar-refractivity contribution is 1.07. The Kier molecular flexibility index (Phi) is 1.41. The van der Waals surface area contributed by atoms with Gasteiger partial charge in [0.25, 0.3) is 0 Å². The van der Waals surface area contributed by atoms with Crippen LogP contribution in [0.25, 0.3) is 22.4 Å². The van der Waals surface area contributed by atoms with Gasteiger partial charge in [-0.15, -0.1) is 5.10 Å². The zero-order valence-electron chi connectivity index (χ0n) is 7.25. The summed E-state index contributed by atoms with van der Waals surface area (Å²) in [6, 6.07) is 7.81. The SMILES string of the molecule is c1ccc2nc3nncc-3ncc2c1. The van der Waals surface area contributed by atoms with Gasteiger partial charge >= 0.3 is 0 Å². The number of hydrogen-bond donors (Lipinski definition) is 0. The summed E-state index contributed by atoms with van der Waals surface area (Å²) < 4.78 is 0. The molecule has 0 aromatic heterocycles. The number of rotatable bonds is 0. The fraction of sp³-hybridized carbons (Fsp3) is 0. The Bertz CT molecular complexity index is 564. The molecule has 0 saturated heterocycles. The van der Waals surface area contributed by atoms with Crippen molar-refractivity contribution in [2.75, 3.05) is 0 Å². The Labute approximate surface area is 80.0 Å². The Balaban J connectivity index is 2.48. The van der Waals surface area contributed by atoms with E-state index in [4.69, 9.17) is 0 Å². The van der Waals surface area contributed by atoms with E-state index >= 15 is 0 Å². The lowest BCUT2D eigenvalue weighted by Gasteiger charge is -1.87. The molecular formula is C10H6N4. The van der Waals surface area contributed by atoms with Crippen molar-refractivity contribution in [2.24, 2.45) is 0 Å². The molecule has 0 atom stereocenters. The fourth-order valence-electron chi connectivity index (χ4n) is 1.37. The van der Waals surface area contributed by atoms with Gasteiger partial charge in [-0.25, -0.2) is 4.98 Å². The molecule has 1 aromatic carbocycles. The van der Waals surface area contributed by atoms with Crippen molar-refractivity contribution in [1.82, 2.24) is 20.2 Å². The van der Waals surface area contributed by atoms with Crippen LogP contribution in [0.5, 0.6) is 0 Å². The third-order valence-electron chi connectivity index (χ3n) is 2.07. The first-order valence-corrected chi connectivity index (χ1v) is 4.27. The van der Waals surface area contributed by atoms with Crippen LogP contribution in [0.2, 0.25) is 0 Å².